The summed E-state index contributed by atoms with van der Waals surface area (Å²) in [6, 6.07) is 0.597. The van der Waals surface area contributed by atoms with Crippen molar-refractivity contribution in [2.45, 2.75) is 32.9 Å². The molecule has 1 unspecified atom stereocenters. The maximum atomic E-state index is 5.82. The third kappa shape index (κ3) is 5.01. The van der Waals surface area contributed by atoms with Gasteiger partial charge in [0.25, 0.3) is 0 Å². The number of halogens is 1. The van der Waals surface area contributed by atoms with Gasteiger partial charge in [0.1, 0.15) is 0 Å². The smallest absolute Gasteiger partial charge is 0.322 e. The topological polar surface area (TPSA) is 63.2 Å². The van der Waals surface area contributed by atoms with Crippen LogP contribution in [0.5, 0.6) is 6.01 Å². The summed E-state index contributed by atoms with van der Waals surface area (Å²) in [5.41, 5.74) is 0. The van der Waals surface area contributed by atoms with Crippen LogP contribution in [0.3, 0.4) is 0 Å². The number of rotatable bonds is 6. The second kappa shape index (κ2) is 6.70. The lowest BCUT2D eigenvalue weighted by molar-refractivity contribution is 0.222. The fraction of sp³-hybridized carbons (Fsp3) is 0.727. The zero-order valence-electron chi connectivity index (χ0n) is 11.4. The summed E-state index contributed by atoms with van der Waals surface area (Å²) in [6.45, 7) is 6.62. The Labute approximate surface area is 113 Å². The molecular formula is C11H20ClN5O. The molecule has 0 radical (unpaired) electrons. The molecule has 0 aliphatic carbocycles. The van der Waals surface area contributed by atoms with E-state index in [-0.39, 0.29) is 17.4 Å². The molecule has 0 saturated carbocycles. The van der Waals surface area contributed by atoms with E-state index >= 15 is 0 Å². The average Bonchev–Trinajstić information content (AvgIpc) is 2.23. The molecule has 0 spiro atoms. The average molecular weight is 274 g/mol. The quantitative estimate of drug-likeness (QED) is 0.851. The van der Waals surface area contributed by atoms with E-state index in [4.69, 9.17) is 16.3 Å². The second-order valence-electron chi connectivity index (χ2n) is 4.57. The molecule has 6 nitrogen and oxygen atoms in total. The summed E-state index contributed by atoms with van der Waals surface area (Å²) in [5.74, 6) is 0.430. The number of aromatic nitrogens is 3. The van der Waals surface area contributed by atoms with Gasteiger partial charge in [-0.2, -0.15) is 15.0 Å². The van der Waals surface area contributed by atoms with Crippen molar-refractivity contribution < 1.29 is 4.74 Å². The van der Waals surface area contributed by atoms with E-state index in [2.05, 4.69) is 32.1 Å². The Bertz CT molecular complexity index is 386. The summed E-state index contributed by atoms with van der Waals surface area (Å²) in [5, 5.41) is 3.24. The minimum Gasteiger partial charge on any atom is -0.461 e. The highest BCUT2D eigenvalue weighted by Crippen LogP contribution is 2.12. The maximum Gasteiger partial charge on any atom is 0.322 e. The first kappa shape index (κ1) is 14.9. The maximum absolute atomic E-state index is 5.82. The van der Waals surface area contributed by atoms with Gasteiger partial charge in [-0.3, -0.25) is 0 Å². The summed E-state index contributed by atoms with van der Waals surface area (Å²) >= 11 is 5.82. The van der Waals surface area contributed by atoms with E-state index in [1.54, 1.807) is 0 Å². The lowest BCUT2D eigenvalue weighted by atomic mass is 10.3. The van der Waals surface area contributed by atoms with Gasteiger partial charge < -0.3 is 15.0 Å². The van der Waals surface area contributed by atoms with E-state index < -0.39 is 0 Å². The van der Waals surface area contributed by atoms with Gasteiger partial charge in [-0.15, -0.1) is 0 Å². The second-order valence-corrected chi connectivity index (χ2v) is 4.91. The minimum atomic E-state index is -0.00276. The Morgan fingerprint density at radius 2 is 1.89 bits per heavy atom. The van der Waals surface area contributed by atoms with Crippen molar-refractivity contribution >= 4 is 17.5 Å². The SMILES string of the molecule is CC(C)Oc1nc(Cl)nc(NCC(C)N(C)C)n1. The number of hydrogen-bond acceptors (Lipinski definition) is 6. The van der Waals surface area contributed by atoms with Crippen molar-refractivity contribution in [3.63, 3.8) is 0 Å². The normalized spacial score (nSPS) is 12.9. The molecule has 0 bridgehead atoms. The van der Waals surface area contributed by atoms with Crippen LogP contribution in [0, 0.1) is 0 Å². The van der Waals surface area contributed by atoms with Gasteiger partial charge >= 0.3 is 6.01 Å². The van der Waals surface area contributed by atoms with Gasteiger partial charge in [-0.1, -0.05) is 0 Å². The van der Waals surface area contributed by atoms with Crippen molar-refractivity contribution in [2.24, 2.45) is 0 Å². The Morgan fingerprint density at radius 1 is 1.22 bits per heavy atom. The molecule has 1 atom stereocenters. The summed E-state index contributed by atoms with van der Waals surface area (Å²) in [4.78, 5) is 14.2. The molecule has 0 aliphatic heterocycles. The molecule has 1 N–H and O–H groups in total. The lowest BCUT2D eigenvalue weighted by Gasteiger charge is -2.20. The zero-order chi connectivity index (χ0) is 13.7. The first-order chi connectivity index (χ1) is 8.38. The molecule has 1 heterocycles. The van der Waals surface area contributed by atoms with Gasteiger partial charge in [0.2, 0.25) is 11.2 Å². The third-order valence-corrected chi connectivity index (χ3v) is 2.53. The van der Waals surface area contributed by atoms with Crippen molar-refractivity contribution in [1.82, 2.24) is 19.9 Å². The van der Waals surface area contributed by atoms with Crippen LogP contribution in [0.25, 0.3) is 0 Å². The van der Waals surface area contributed by atoms with Crippen LogP contribution in [-0.4, -0.2) is 52.6 Å². The van der Waals surface area contributed by atoms with E-state index in [9.17, 15) is 0 Å². The number of anilines is 1. The first-order valence-corrected chi connectivity index (χ1v) is 6.24. The van der Waals surface area contributed by atoms with Crippen molar-refractivity contribution in [2.75, 3.05) is 26.0 Å². The van der Waals surface area contributed by atoms with Crippen LogP contribution < -0.4 is 10.1 Å². The van der Waals surface area contributed by atoms with Crippen LogP contribution >= 0.6 is 11.6 Å². The zero-order valence-corrected chi connectivity index (χ0v) is 12.2. The van der Waals surface area contributed by atoms with Crippen LogP contribution in [0.2, 0.25) is 5.28 Å². The van der Waals surface area contributed by atoms with Crippen molar-refractivity contribution in [1.29, 1.82) is 0 Å². The first-order valence-electron chi connectivity index (χ1n) is 5.87. The molecule has 102 valence electrons. The fourth-order valence-corrected chi connectivity index (χ4v) is 1.25. The molecule has 0 saturated heterocycles. The minimum absolute atomic E-state index is 0.00276. The summed E-state index contributed by atoms with van der Waals surface area (Å²) in [6.07, 6.45) is -0.00276. The van der Waals surface area contributed by atoms with Crippen molar-refractivity contribution in [3.8, 4) is 6.01 Å². The molecule has 1 aromatic rings. The number of nitrogens with zero attached hydrogens (tertiary/aromatic N) is 4. The summed E-state index contributed by atoms with van der Waals surface area (Å²) < 4.78 is 5.39. The highest BCUT2D eigenvalue weighted by atomic mass is 35.5. The predicted octanol–water partition coefficient (Wildman–Crippen LogP) is 1.67. The number of ether oxygens (including phenoxy) is 1. The van der Waals surface area contributed by atoms with Gasteiger partial charge in [0.15, 0.2) is 0 Å². The number of hydrogen-bond donors (Lipinski definition) is 1. The molecular weight excluding hydrogens is 254 g/mol. The molecule has 1 aromatic heterocycles. The third-order valence-electron chi connectivity index (χ3n) is 2.37. The lowest BCUT2D eigenvalue weighted by Crippen LogP contribution is -2.32. The molecule has 0 aromatic carbocycles. The van der Waals surface area contributed by atoms with E-state index in [1.165, 1.54) is 0 Å². The largest absolute Gasteiger partial charge is 0.461 e. The molecule has 0 aliphatic rings. The van der Waals surface area contributed by atoms with Crippen LogP contribution in [0.1, 0.15) is 20.8 Å². The van der Waals surface area contributed by atoms with Crippen LogP contribution in [0.15, 0.2) is 0 Å². The molecule has 7 heteroatoms. The highest BCUT2D eigenvalue weighted by Gasteiger charge is 2.09. The Kier molecular flexibility index (Phi) is 5.55. The molecule has 0 fully saturated rings. The van der Waals surface area contributed by atoms with E-state index in [1.807, 2.05) is 27.9 Å². The van der Waals surface area contributed by atoms with Gasteiger partial charge in [-0.05, 0) is 46.5 Å². The van der Waals surface area contributed by atoms with E-state index in [0.717, 1.165) is 0 Å². The van der Waals surface area contributed by atoms with Crippen LogP contribution in [-0.2, 0) is 0 Å². The molecule has 18 heavy (non-hydrogen) atoms. The predicted molar refractivity (Wildman–Crippen MR) is 72.2 cm³/mol. The highest BCUT2D eigenvalue weighted by molar-refractivity contribution is 6.28. The summed E-state index contributed by atoms with van der Waals surface area (Å²) in [7, 11) is 4.03. The standard InChI is InChI=1S/C11H20ClN5O/c1-7(2)18-11-15-9(12)14-10(16-11)13-6-8(3)17(4)5/h7-8H,6H2,1-5H3,(H,13,14,15,16). The van der Waals surface area contributed by atoms with Crippen LogP contribution in [0.4, 0.5) is 5.95 Å². The fourth-order valence-electron chi connectivity index (χ4n) is 1.10. The van der Waals surface area contributed by atoms with Gasteiger partial charge in [0, 0.05) is 12.6 Å². The number of likely N-dealkylation sites (N-methyl/N-ethyl adjacent to an activating group) is 1. The monoisotopic (exact) mass is 273 g/mol. The molecule has 0 amide bonds. The van der Waals surface area contributed by atoms with Crippen molar-refractivity contribution in [3.05, 3.63) is 5.28 Å². The Hall–Kier alpha value is -1.14. The Morgan fingerprint density at radius 3 is 2.44 bits per heavy atom. The molecule has 1 rings (SSSR count). The number of nitrogens with one attached hydrogen (secondary N) is 1. The van der Waals surface area contributed by atoms with Gasteiger partial charge in [-0.25, -0.2) is 0 Å². The van der Waals surface area contributed by atoms with E-state index in [0.29, 0.717) is 18.5 Å². The Balaban J connectivity index is 2.68. The van der Waals surface area contributed by atoms with Gasteiger partial charge in [0.05, 0.1) is 6.10 Å².